The van der Waals surface area contributed by atoms with E-state index in [2.05, 4.69) is 0 Å². The van der Waals surface area contributed by atoms with Gasteiger partial charge in [-0.25, -0.2) is 0 Å². The Hall–Kier alpha value is -1.17. The minimum absolute atomic E-state index is 0.0142. The molecule has 0 aromatic heterocycles. The fraction of sp³-hybridized carbons (Fsp3) is 0.429. The average Bonchev–Trinajstić information content (AvgIpc) is 2.33. The summed E-state index contributed by atoms with van der Waals surface area (Å²) in [5, 5.41) is 0. The average molecular weight is 282 g/mol. The summed E-state index contributed by atoms with van der Waals surface area (Å²) in [6.07, 6.45) is 3.22. The fourth-order valence-corrected chi connectivity index (χ4v) is 2.71. The normalized spacial score (nSPS) is 26.5. The largest absolute Gasteiger partial charge is 0.371 e. The van der Waals surface area contributed by atoms with Gasteiger partial charge in [0.05, 0.1) is 19.0 Å². The summed E-state index contributed by atoms with van der Waals surface area (Å²) < 4.78 is 32.9. The lowest BCUT2D eigenvalue weighted by Crippen LogP contribution is -2.33. The Bertz CT molecular complexity index is 548. The summed E-state index contributed by atoms with van der Waals surface area (Å²) in [4.78, 5) is 0. The molecule has 0 amide bonds. The van der Waals surface area contributed by atoms with Crippen LogP contribution in [-0.4, -0.2) is 33.5 Å². The van der Waals surface area contributed by atoms with Crippen LogP contribution in [0.5, 0.6) is 0 Å². The van der Waals surface area contributed by atoms with E-state index < -0.39 is 16.2 Å². The molecule has 1 fully saturated rings. The van der Waals surface area contributed by atoms with Gasteiger partial charge in [-0.2, -0.15) is 8.42 Å². The first-order chi connectivity index (χ1) is 8.94. The molecule has 1 aromatic rings. The monoisotopic (exact) mass is 282 g/mol. The summed E-state index contributed by atoms with van der Waals surface area (Å²) >= 11 is 0. The molecule has 19 heavy (non-hydrogen) atoms. The van der Waals surface area contributed by atoms with Crippen LogP contribution >= 0.6 is 0 Å². The third-order valence-electron chi connectivity index (χ3n) is 2.98. The second-order valence-corrected chi connectivity index (χ2v) is 6.33. The Labute approximate surface area is 114 Å². The highest BCUT2D eigenvalue weighted by atomic mass is 32.2. The van der Waals surface area contributed by atoms with E-state index >= 15 is 0 Å². The van der Waals surface area contributed by atoms with Gasteiger partial charge in [-0.3, -0.25) is 4.18 Å². The lowest BCUT2D eigenvalue weighted by Gasteiger charge is -2.28. The number of rotatable bonds is 3. The SMILES string of the molecule is C[C@H]1OC[C@@H](OS(C)(=O)=O)C/C1=C/c1ccccc1. The molecule has 1 aliphatic rings. The zero-order valence-corrected chi connectivity index (χ0v) is 11.9. The zero-order valence-electron chi connectivity index (χ0n) is 11.1. The van der Waals surface area contributed by atoms with Crippen molar-refractivity contribution >= 4 is 16.2 Å². The Kier molecular flexibility index (Phi) is 4.39. The van der Waals surface area contributed by atoms with Crippen molar-refractivity contribution in [3.05, 3.63) is 41.5 Å². The van der Waals surface area contributed by atoms with Crippen LogP contribution in [0.25, 0.3) is 6.08 Å². The van der Waals surface area contributed by atoms with Gasteiger partial charge in [0.2, 0.25) is 0 Å². The second-order valence-electron chi connectivity index (χ2n) is 4.73. The van der Waals surface area contributed by atoms with Crippen LogP contribution in [0.15, 0.2) is 35.9 Å². The van der Waals surface area contributed by atoms with Crippen LogP contribution in [-0.2, 0) is 19.0 Å². The Morgan fingerprint density at radius 2 is 2.00 bits per heavy atom. The van der Waals surface area contributed by atoms with Crippen molar-refractivity contribution in [3.8, 4) is 0 Å². The van der Waals surface area contributed by atoms with Crippen molar-refractivity contribution in [2.75, 3.05) is 12.9 Å². The molecule has 0 unspecified atom stereocenters. The predicted molar refractivity (Wildman–Crippen MR) is 74.2 cm³/mol. The van der Waals surface area contributed by atoms with Gasteiger partial charge in [0.1, 0.15) is 6.10 Å². The quantitative estimate of drug-likeness (QED) is 0.798. The van der Waals surface area contributed by atoms with Crippen molar-refractivity contribution in [3.63, 3.8) is 0 Å². The number of hydrogen-bond acceptors (Lipinski definition) is 4. The van der Waals surface area contributed by atoms with E-state index in [4.69, 9.17) is 8.92 Å². The molecular weight excluding hydrogens is 264 g/mol. The van der Waals surface area contributed by atoms with E-state index in [1.165, 1.54) is 0 Å². The van der Waals surface area contributed by atoms with E-state index in [0.29, 0.717) is 13.0 Å². The molecule has 0 bridgehead atoms. The Morgan fingerprint density at radius 1 is 1.32 bits per heavy atom. The highest BCUT2D eigenvalue weighted by Gasteiger charge is 2.26. The van der Waals surface area contributed by atoms with Gasteiger partial charge >= 0.3 is 0 Å². The molecule has 1 aliphatic heterocycles. The number of ether oxygens (including phenoxy) is 1. The topological polar surface area (TPSA) is 52.6 Å². The maximum absolute atomic E-state index is 11.1. The molecule has 2 rings (SSSR count). The molecule has 1 saturated heterocycles. The van der Waals surface area contributed by atoms with Crippen LogP contribution in [0.3, 0.4) is 0 Å². The summed E-state index contributed by atoms with van der Waals surface area (Å²) in [5.74, 6) is 0. The molecule has 4 nitrogen and oxygen atoms in total. The van der Waals surface area contributed by atoms with Crippen LogP contribution < -0.4 is 0 Å². The molecule has 1 aromatic carbocycles. The van der Waals surface area contributed by atoms with Crippen molar-refractivity contribution in [2.45, 2.75) is 25.6 Å². The van der Waals surface area contributed by atoms with Crippen LogP contribution in [0.1, 0.15) is 18.9 Å². The Balaban J connectivity index is 2.13. The van der Waals surface area contributed by atoms with E-state index in [1.807, 2.05) is 43.3 Å². The molecule has 1 heterocycles. The highest BCUT2D eigenvalue weighted by molar-refractivity contribution is 7.86. The van der Waals surface area contributed by atoms with Crippen LogP contribution in [0, 0.1) is 0 Å². The minimum atomic E-state index is -3.44. The van der Waals surface area contributed by atoms with Gasteiger partial charge in [-0.15, -0.1) is 0 Å². The molecule has 0 aliphatic carbocycles. The first-order valence-electron chi connectivity index (χ1n) is 6.19. The molecule has 0 spiro atoms. The molecule has 5 heteroatoms. The molecular formula is C14H18O4S. The Morgan fingerprint density at radius 3 is 2.63 bits per heavy atom. The third-order valence-corrected chi connectivity index (χ3v) is 3.60. The first kappa shape index (κ1) is 14.2. The van der Waals surface area contributed by atoms with E-state index in [-0.39, 0.29) is 6.10 Å². The van der Waals surface area contributed by atoms with Gasteiger partial charge < -0.3 is 4.74 Å². The fourth-order valence-electron chi connectivity index (χ4n) is 2.10. The first-order valence-corrected chi connectivity index (χ1v) is 8.01. The molecule has 0 radical (unpaired) electrons. The smallest absolute Gasteiger partial charge is 0.264 e. The molecule has 2 atom stereocenters. The van der Waals surface area contributed by atoms with Crippen molar-refractivity contribution < 1.29 is 17.3 Å². The van der Waals surface area contributed by atoms with Crippen LogP contribution in [0.4, 0.5) is 0 Å². The molecule has 104 valence electrons. The van der Waals surface area contributed by atoms with Crippen molar-refractivity contribution in [1.82, 2.24) is 0 Å². The number of hydrogen-bond donors (Lipinski definition) is 0. The standard InChI is InChI=1S/C14H18O4S/c1-11-13(8-12-6-4-3-5-7-12)9-14(10-17-11)18-19(2,15)16/h3-8,11,14H,9-10H2,1-2H3/b13-8-/t11-,14+/m1/s1. The molecule has 0 saturated carbocycles. The zero-order chi connectivity index (χ0) is 13.9. The third kappa shape index (κ3) is 4.45. The second kappa shape index (κ2) is 5.86. The lowest BCUT2D eigenvalue weighted by molar-refractivity contribution is -0.00256. The van der Waals surface area contributed by atoms with E-state index in [1.54, 1.807) is 0 Å². The summed E-state index contributed by atoms with van der Waals surface area (Å²) in [7, 11) is -3.44. The van der Waals surface area contributed by atoms with Crippen molar-refractivity contribution in [1.29, 1.82) is 0 Å². The van der Waals surface area contributed by atoms with E-state index in [9.17, 15) is 8.42 Å². The van der Waals surface area contributed by atoms with Gasteiger partial charge in [0.15, 0.2) is 0 Å². The maximum Gasteiger partial charge on any atom is 0.264 e. The van der Waals surface area contributed by atoms with Gasteiger partial charge in [0.25, 0.3) is 10.1 Å². The van der Waals surface area contributed by atoms with Crippen molar-refractivity contribution in [2.24, 2.45) is 0 Å². The van der Waals surface area contributed by atoms with Gasteiger partial charge in [-0.05, 0) is 18.1 Å². The van der Waals surface area contributed by atoms with Gasteiger partial charge in [-0.1, -0.05) is 36.4 Å². The molecule has 0 N–H and O–H groups in total. The predicted octanol–water partition coefficient (Wildman–Crippen LogP) is 2.22. The summed E-state index contributed by atoms with van der Waals surface area (Å²) in [6.45, 7) is 2.27. The minimum Gasteiger partial charge on any atom is -0.371 e. The highest BCUT2D eigenvalue weighted by Crippen LogP contribution is 2.25. The lowest BCUT2D eigenvalue weighted by atomic mass is 9.98. The van der Waals surface area contributed by atoms with E-state index in [0.717, 1.165) is 17.4 Å². The number of benzene rings is 1. The van der Waals surface area contributed by atoms with Gasteiger partial charge in [0, 0.05) is 6.42 Å². The van der Waals surface area contributed by atoms with Crippen LogP contribution in [0.2, 0.25) is 0 Å². The summed E-state index contributed by atoms with van der Waals surface area (Å²) in [6, 6.07) is 9.89. The summed E-state index contributed by atoms with van der Waals surface area (Å²) in [5.41, 5.74) is 2.12. The maximum atomic E-state index is 11.1.